The Hall–Kier alpha value is -1.61. The smallest absolute Gasteiger partial charge is 0.108 e. The van der Waals surface area contributed by atoms with Gasteiger partial charge in [-0.15, -0.1) is 0 Å². The highest BCUT2D eigenvalue weighted by Gasteiger charge is 2.09. The van der Waals surface area contributed by atoms with E-state index >= 15 is 0 Å². The molecule has 0 aliphatic carbocycles. The summed E-state index contributed by atoms with van der Waals surface area (Å²) >= 11 is 0. The first kappa shape index (κ1) is 13.8. The Labute approximate surface area is 115 Å². The summed E-state index contributed by atoms with van der Waals surface area (Å²) in [5.41, 5.74) is 10.3. The van der Waals surface area contributed by atoms with Crippen molar-refractivity contribution < 1.29 is 0 Å². The van der Waals surface area contributed by atoms with Crippen LogP contribution in [-0.4, -0.2) is 16.5 Å². The summed E-state index contributed by atoms with van der Waals surface area (Å²) in [4.78, 5) is 7.93. The Kier molecular flexibility index (Phi) is 4.38. The van der Waals surface area contributed by atoms with Gasteiger partial charge in [0.05, 0.1) is 5.69 Å². The molecule has 1 atom stereocenters. The van der Waals surface area contributed by atoms with Gasteiger partial charge in [-0.3, -0.25) is 0 Å². The Balaban J connectivity index is 2.26. The van der Waals surface area contributed by atoms with Gasteiger partial charge in [0.25, 0.3) is 0 Å². The number of H-pyrrole nitrogens is 1. The topological polar surface area (TPSA) is 54.7 Å². The summed E-state index contributed by atoms with van der Waals surface area (Å²) in [7, 11) is 0. The van der Waals surface area contributed by atoms with Gasteiger partial charge in [-0.05, 0) is 31.4 Å². The van der Waals surface area contributed by atoms with Crippen LogP contribution in [0.1, 0.15) is 43.3 Å². The average molecular weight is 257 g/mol. The Morgan fingerprint density at radius 3 is 2.53 bits per heavy atom. The Bertz CT molecular complexity index is 525. The van der Waals surface area contributed by atoms with Gasteiger partial charge in [-0.25, -0.2) is 4.98 Å². The highest BCUT2D eigenvalue weighted by atomic mass is 14.9. The molecular weight excluding hydrogens is 234 g/mol. The Morgan fingerprint density at radius 2 is 1.95 bits per heavy atom. The molecule has 2 rings (SSSR count). The van der Waals surface area contributed by atoms with E-state index in [2.05, 4.69) is 55.0 Å². The highest BCUT2D eigenvalue weighted by molar-refractivity contribution is 5.62. The molecule has 0 radical (unpaired) electrons. The first-order chi connectivity index (χ1) is 9.15. The molecular formula is C16H23N3. The predicted octanol–water partition coefficient (Wildman–Crippen LogP) is 3.40. The van der Waals surface area contributed by atoms with E-state index in [0.717, 1.165) is 23.6 Å². The number of aryl methyl sites for hydroxylation is 1. The van der Waals surface area contributed by atoms with Gasteiger partial charge in [0.1, 0.15) is 5.82 Å². The molecule has 0 amide bonds. The number of hydrogen-bond donors (Lipinski definition) is 2. The molecule has 3 nitrogen and oxygen atoms in total. The van der Waals surface area contributed by atoms with Gasteiger partial charge in [-0.2, -0.15) is 0 Å². The molecule has 2 aromatic rings. The largest absolute Gasteiger partial charge is 0.346 e. The third kappa shape index (κ3) is 3.04. The van der Waals surface area contributed by atoms with Gasteiger partial charge >= 0.3 is 0 Å². The molecule has 3 N–H and O–H groups in total. The van der Waals surface area contributed by atoms with Crippen LogP contribution in [0, 0.1) is 6.92 Å². The van der Waals surface area contributed by atoms with Crippen LogP contribution in [0.3, 0.4) is 0 Å². The first-order valence-electron chi connectivity index (χ1n) is 7.01. The average Bonchev–Trinajstić information content (AvgIpc) is 2.79. The van der Waals surface area contributed by atoms with E-state index < -0.39 is 0 Å². The minimum absolute atomic E-state index is 0.613. The van der Waals surface area contributed by atoms with Crippen LogP contribution in [-0.2, 0) is 6.42 Å². The quantitative estimate of drug-likeness (QED) is 0.862. The molecule has 0 aliphatic rings. The molecule has 1 aromatic heterocycles. The maximum Gasteiger partial charge on any atom is 0.108 e. The van der Waals surface area contributed by atoms with Crippen molar-refractivity contribution in [3.05, 3.63) is 41.3 Å². The lowest BCUT2D eigenvalue weighted by Gasteiger charge is -2.09. The maximum atomic E-state index is 5.57. The summed E-state index contributed by atoms with van der Waals surface area (Å²) in [5, 5.41) is 0. The summed E-state index contributed by atoms with van der Waals surface area (Å²) < 4.78 is 0. The fraction of sp³-hybridized carbons (Fsp3) is 0.438. The third-order valence-electron chi connectivity index (χ3n) is 3.68. The number of hydrogen-bond acceptors (Lipinski definition) is 2. The van der Waals surface area contributed by atoms with Crippen molar-refractivity contribution in [3.8, 4) is 11.3 Å². The number of aromatic amines is 1. The second kappa shape index (κ2) is 6.02. The van der Waals surface area contributed by atoms with E-state index in [0.29, 0.717) is 12.5 Å². The standard InChI is InChI=1S/C16H23N3/c1-4-11(2)13-5-7-14(8-6-13)16-12(3)18-15(19-16)9-10-17/h5-8,11H,4,9-10,17H2,1-3H3,(H,18,19). The summed E-state index contributed by atoms with van der Waals surface area (Å²) in [5.74, 6) is 1.59. The number of aromatic nitrogens is 2. The maximum absolute atomic E-state index is 5.57. The van der Waals surface area contributed by atoms with Crippen molar-refractivity contribution in [2.75, 3.05) is 6.54 Å². The van der Waals surface area contributed by atoms with Crippen molar-refractivity contribution in [2.45, 2.75) is 39.5 Å². The normalized spacial score (nSPS) is 12.6. The van der Waals surface area contributed by atoms with Crippen molar-refractivity contribution in [1.82, 2.24) is 9.97 Å². The zero-order valence-electron chi connectivity index (χ0n) is 12.0. The molecule has 0 fully saturated rings. The lowest BCUT2D eigenvalue weighted by atomic mass is 9.97. The van der Waals surface area contributed by atoms with Gasteiger partial charge < -0.3 is 10.7 Å². The Morgan fingerprint density at radius 1 is 1.26 bits per heavy atom. The molecule has 1 aromatic carbocycles. The van der Waals surface area contributed by atoms with Crippen molar-refractivity contribution in [3.63, 3.8) is 0 Å². The number of nitrogens with one attached hydrogen (secondary N) is 1. The molecule has 0 bridgehead atoms. The van der Waals surface area contributed by atoms with Gasteiger partial charge in [0.2, 0.25) is 0 Å². The van der Waals surface area contributed by atoms with Gasteiger partial charge in [0.15, 0.2) is 0 Å². The molecule has 1 heterocycles. The minimum Gasteiger partial charge on any atom is -0.346 e. The second-order valence-electron chi connectivity index (χ2n) is 5.13. The zero-order valence-corrected chi connectivity index (χ0v) is 12.0. The summed E-state index contributed by atoms with van der Waals surface area (Å²) in [6.45, 7) is 7.16. The first-order valence-corrected chi connectivity index (χ1v) is 7.01. The van der Waals surface area contributed by atoms with Crippen LogP contribution in [0.4, 0.5) is 0 Å². The van der Waals surface area contributed by atoms with Crippen LogP contribution in [0.25, 0.3) is 11.3 Å². The number of benzene rings is 1. The zero-order chi connectivity index (χ0) is 13.8. The number of nitrogens with two attached hydrogens (primary N) is 1. The SMILES string of the molecule is CCC(C)c1ccc(-c2nc(CCN)[nH]c2C)cc1. The number of nitrogens with zero attached hydrogens (tertiary/aromatic N) is 1. The predicted molar refractivity (Wildman–Crippen MR) is 80.2 cm³/mol. The van der Waals surface area contributed by atoms with Crippen LogP contribution in [0.2, 0.25) is 0 Å². The van der Waals surface area contributed by atoms with Crippen molar-refractivity contribution in [1.29, 1.82) is 0 Å². The lowest BCUT2D eigenvalue weighted by molar-refractivity contribution is 0.734. The van der Waals surface area contributed by atoms with Crippen molar-refractivity contribution >= 4 is 0 Å². The van der Waals surface area contributed by atoms with E-state index in [1.54, 1.807) is 0 Å². The van der Waals surface area contributed by atoms with E-state index in [-0.39, 0.29) is 0 Å². The lowest BCUT2D eigenvalue weighted by Crippen LogP contribution is -2.03. The summed E-state index contributed by atoms with van der Waals surface area (Å²) in [6.07, 6.45) is 1.97. The fourth-order valence-electron chi connectivity index (χ4n) is 2.26. The fourth-order valence-corrected chi connectivity index (χ4v) is 2.26. The minimum atomic E-state index is 0.613. The molecule has 0 aliphatic heterocycles. The van der Waals surface area contributed by atoms with Gasteiger partial charge in [-0.1, -0.05) is 38.1 Å². The molecule has 19 heavy (non-hydrogen) atoms. The van der Waals surface area contributed by atoms with Crippen molar-refractivity contribution in [2.24, 2.45) is 5.73 Å². The monoisotopic (exact) mass is 257 g/mol. The summed E-state index contributed by atoms with van der Waals surface area (Å²) in [6, 6.07) is 8.74. The third-order valence-corrected chi connectivity index (χ3v) is 3.68. The van der Waals surface area contributed by atoms with Crippen LogP contribution in [0.5, 0.6) is 0 Å². The molecule has 0 saturated heterocycles. The van der Waals surface area contributed by atoms with Gasteiger partial charge in [0, 0.05) is 17.7 Å². The van der Waals surface area contributed by atoms with Crippen LogP contribution < -0.4 is 5.73 Å². The van der Waals surface area contributed by atoms with E-state index in [4.69, 9.17) is 5.73 Å². The van der Waals surface area contributed by atoms with E-state index in [1.807, 2.05) is 0 Å². The number of rotatable bonds is 5. The molecule has 102 valence electrons. The molecule has 0 spiro atoms. The molecule has 0 saturated carbocycles. The molecule has 3 heteroatoms. The van der Waals surface area contributed by atoms with E-state index in [1.165, 1.54) is 17.5 Å². The van der Waals surface area contributed by atoms with Crippen LogP contribution >= 0.6 is 0 Å². The molecule has 1 unspecified atom stereocenters. The second-order valence-corrected chi connectivity index (χ2v) is 5.13. The highest BCUT2D eigenvalue weighted by Crippen LogP contribution is 2.25. The van der Waals surface area contributed by atoms with E-state index in [9.17, 15) is 0 Å². The number of imidazole rings is 1. The van der Waals surface area contributed by atoms with Crippen LogP contribution in [0.15, 0.2) is 24.3 Å².